The second kappa shape index (κ2) is 9.72. The zero-order valence-corrected chi connectivity index (χ0v) is 18.5. The van der Waals surface area contributed by atoms with Gasteiger partial charge in [-0.25, -0.2) is 9.78 Å². The first kappa shape index (κ1) is 22.3. The minimum absolute atomic E-state index is 0.0875. The number of piperazine rings is 1. The van der Waals surface area contributed by atoms with Crippen LogP contribution in [0.3, 0.4) is 0 Å². The van der Waals surface area contributed by atoms with Gasteiger partial charge in [-0.1, -0.05) is 6.07 Å². The van der Waals surface area contributed by atoms with Crippen molar-refractivity contribution in [3.8, 4) is 0 Å². The van der Waals surface area contributed by atoms with Crippen LogP contribution >= 0.6 is 0 Å². The normalized spacial score (nSPS) is 18.2. The molecule has 4 rings (SSSR count). The van der Waals surface area contributed by atoms with Crippen molar-refractivity contribution >= 4 is 41.0 Å². The van der Waals surface area contributed by atoms with Crippen LogP contribution in [0.4, 0.5) is 27.9 Å². The molecule has 2 fully saturated rings. The van der Waals surface area contributed by atoms with Crippen LogP contribution in [0.2, 0.25) is 0 Å². The van der Waals surface area contributed by atoms with E-state index in [1.165, 1.54) is 6.20 Å². The van der Waals surface area contributed by atoms with Crippen LogP contribution < -0.4 is 26.2 Å². The minimum atomic E-state index is -0.439. The number of amides is 4. The number of hydrogen-bond acceptors (Lipinski definition) is 7. The Morgan fingerprint density at radius 1 is 1.06 bits per heavy atom. The molecule has 2 saturated heterocycles. The van der Waals surface area contributed by atoms with Gasteiger partial charge in [0, 0.05) is 57.2 Å². The molecule has 4 N–H and O–H groups in total. The third kappa shape index (κ3) is 5.30. The van der Waals surface area contributed by atoms with Gasteiger partial charge in [0.2, 0.25) is 17.8 Å². The van der Waals surface area contributed by atoms with Crippen molar-refractivity contribution in [2.75, 3.05) is 53.2 Å². The number of nitrogens with one attached hydrogen (secondary N) is 2. The van der Waals surface area contributed by atoms with E-state index in [4.69, 9.17) is 5.73 Å². The summed E-state index contributed by atoms with van der Waals surface area (Å²) in [6, 6.07) is 8.28. The molecule has 0 bridgehead atoms. The molecule has 2 aliphatic heterocycles. The molecule has 1 aromatic carbocycles. The molecular formula is C22H28N8O3. The largest absolute Gasteiger partial charge is 0.368 e. The van der Waals surface area contributed by atoms with E-state index < -0.39 is 18.0 Å². The van der Waals surface area contributed by atoms with Gasteiger partial charge in [-0.05, 0) is 37.1 Å². The Hall–Kier alpha value is -3.89. The number of carbonyl (C=O) groups is 3. The van der Waals surface area contributed by atoms with Gasteiger partial charge in [0.1, 0.15) is 11.9 Å². The molecule has 3 heterocycles. The first-order valence-electron chi connectivity index (χ1n) is 11.0. The number of urea groups is 1. The summed E-state index contributed by atoms with van der Waals surface area (Å²) in [5.41, 5.74) is 7.10. The predicted molar refractivity (Wildman–Crippen MR) is 125 cm³/mol. The summed E-state index contributed by atoms with van der Waals surface area (Å²) < 4.78 is 0. The average molecular weight is 453 g/mol. The van der Waals surface area contributed by atoms with E-state index in [0.717, 1.165) is 25.2 Å². The maximum absolute atomic E-state index is 12.6. The summed E-state index contributed by atoms with van der Waals surface area (Å²) in [6.45, 7) is 5.05. The van der Waals surface area contributed by atoms with Crippen LogP contribution in [-0.4, -0.2) is 71.5 Å². The maximum Gasteiger partial charge on any atom is 0.324 e. The van der Waals surface area contributed by atoms with E-state index in [1.54, 1.807) is 17.9 Å². The van der Waals surface area contributed by atoms with Crippen molar-refractivity contribution in [2.24, 2.45) is 5.73 Å². The first-order chi connectivity index (χ1) is 15.9. The third-order valence-electron chi connectivity index (χ3n) is 5.92. The third-order valence-corrected chi connectivity index (χ3v) is 5.92. The topological polar surface area (TPSA) is 137 Å². The molecule has 1 aromatic heterocycles. The zero-order chi connectivity index (χ0) is 23.4. The standard InChI is InChI=1S/C22H28N8O3/c1-15(31)28-10-12-29(13-11-28)17-5-2-4-16(14-17)25-22(33)27-19-7-8-24-21(26-19)30-9-3-6-18(30)20(23)32/h2,4-5,7-8,14,18H,3,6,9-13H2,1H3,(H2,23,32)(H2,24,25,26,27,33). The van der Waals surface area contributed by atoms with Crippen molar-refractivity contribution in [2.45, 2.75) is 25.8 Å². The van der Waals surface area contributed by atoms with Crippen LogP contribution in [0.1, 0.15) is 19.8 Å². The molecule has 1 atom stereocenters. The van der Waals surface area contributed by atoms with Crippen LogP contribution in [0, 0.1) is 0 Å². The summed E-state index contributed by atoms with van der Waals surface area (Å²) in [7, 11) is 0. The van der Waals surface area contributed by atoms with E-state index in [1.807, 2.05) is 29.2 Å². The number of aromatic nitrogens is 2. The Balaban J connectivity index is 1.37. The van der Waals surface area contributed by atoms with Gasteiger partial charge in [0.25, 0.3) is 0 Å². The number of nitrogens with two attached hydrogens (primary N) is 1. The number of benzene rings is 1. The Labute approximate surface area is 191 Å². The summed E-state index contributed by atoms with van der Waals surface area (Å²) in [5, 5.41) is 5.54. The molecular weight excluding hydrogens is 424 g/mol. The SMILES string of the molecule is CC(=O)N1CCN(c2cccc(NC(=O)Nc3ccnc(N4CCCC4C(N)=O)n3)c2)CC1. The van der Waals surface area contributed by atoms with Crippen LogP contribution in [0.15, 0.2) is 36.5 Å². The molecule has 2 aliphatic rings. The van der Waals surface area contributed by atoms with Gasteiger partial charge < -0.3 is 25.8 Å². The van der Waals surface area contributed by atoms with Crippen LogP contribution in [0.25, 0.3) is 0 Å². The highest BCUT2D eigenvalue weighted by Crippen LogP contribution is 2.24. The monoisotopic (exact) mass is 452 g/mol. The van der Waals surface area contributed by atoms with Crippen molar-refractivity contribution in [3.05, 3.63) is 36.5 Å². The predicted octanol–water partition coefficient (Wildman–Crippen LogP) is 1.24. The Kier molecular flexibility index (Phi) is 6.57. The lowest BCUT2D eigenvalue weighted by atomic mass is 10.2. The highest BCUT2D eigenvalue weighted by molar-refractivity contribution is 5.99. The molecule has 0 radical (unpaired) electrons. The van der Waals surface area contributed by atoms with Gasteiger partial charge in [-0.3, -0.25) is 14.9 Å². The maximum atomic E-state index is 12.6. The fourth-order valence-corrected chi connectivity index (χ4v) is 4.20. The molecule has 0 spiro atoms. The first-order valence-corrected chi connectivity index (χ1v) is 11.0. The zero-order valence-electron chi connectivity index (χ0n) is 18.5. The van der Waals surface area contributed by atoms with E-state index in [2.05, 4.69) is 25.5 Å². The molecule has 33 heavy (non-hydrogen) atoms. The van der Waals surface area contributed by atoms with Gasteiger partial charge in [-0.2, -0.15) is 4.98 Å². The molecule has 1 unspecified atom stereocenters. The van der Waals surface area contributed by atoms with Gasteiger partial charge in [0.05, 0.1) is 0 Å². The summed E-state index contributed by atoms with van der Waals surface area (Å²) in [4.78, 5) is 50.1. The number of carbonyl (C=O) groups excluding carboxylic acids is 3. The second-order valence-electron chi connectivity index (χ2n) is 8.12. The highest BCUT2D eigenvalue weighted by atomic mass is 16.2. The number of primary amides is 1. The Morgan fingerprint density at radius 2 is 1.85 bits per heavy atom. The Bertz CT molecular complexity index is 1040. The minimum Gasteiger partial charge on any atom is -0.368 e. The molecule has 174 valence electrons. The van der Waals surface area contributed by atoms with E-state index in [-0.39, 0.29) is 5.91 Å². The highest BCUT2D eigenvalue weighted by Gasteiger charge is 2.31. The summed E-state index contributed by atoms with van der Waals surface area (Å²) in [6.07, 6.45) is 3.03. The van der Waals surface area contributed by atoms with Gasteiger partial charge in [-0.15, -0.1) is 0 Å². The molecule has 2 aromatic rings. The second-order valence-corrected chi connectivity index (χ2v) is 8.12. The molecule has 0 aliphatic carbocycles. The Morgan fingerprint density at radius 3 is 2.58 bits per heavy atom. The van der Waals surface area contributed by atoms with Crippen molar-refractivity contribution < 1.29 is 14.4 Å². The molecule has 11 nitrogen and oxygen atoms in total. The number of hydrogen-bond donors (Lipinski definition) is 3. The van der Waals surface area contributed by atoms with Crippen molar-refractivity contribution in [1.82, 2.24) is 14.9 Å². The summed E-state index contributed by atoms with van der Waals surface area (Å²) in [5.74, 6) is 0.365. The van der Waals surface area contributed by atoms with Crippen molar-refractivity contribution in [1.29, 1.82) is 0 Å². The average Bonchev–Trinajstić information content (AvgIpc) is 3.30. The van der Waals surface area contributed by atoms with Crippen molar-refractivity contribution in [3.63, 3.8) is 0 Å². The lowest BCUT2D eigenvalue weighted by Gasteiger charge is -2.35. The fourth-order valence-electron chi connectivity index (χ4n) is 4.20. The molecule has 0 saturated carbocycles. The van der Waals surface area contributed by atoms with Crippen LogP contribution in [-0.2, 0) is 9.59 Å². The molecule has 11 heteroatoms. The lowest BCUT2D eigenvalue weighted by Crippen LogP contribution is -2.48. The number of nitrogens with zero attached hydrogens (tertiary/aromatic N) is 5. The van der Waals surface area contributed by atoms with E-state index >= 15 is 0 Å². The molecule has 4 amide bonds. The summed E-state index contributed by atoms with van der Waals surface area (Å²) >= 11 is 0. The number of rotatable bonds is 5. The van der Waals surface area contributed by atoms with Gasteiger partial charge >= 0.3 is 6.03 Å². The van der Waals surface area contributed by atoms with E-state index in [9.17, 15) is 14.4 Å². The fraction of sp³-hybridized carbons (Fsp3) is 0.409. The number of anilines is 4. The lowest BCUT2D eigenvalue weighted by molar-refractivity contribution is -0.129. The smallest absolute Gasteiger partial charge is 0.324 e. The van der Waals surface area contributed by atoms with Gasteiger partial charge in [0.15, 0.2) is 0 Å². The quantitative estimate of drug-likeness (QED) is 0.621. The van der Waals surface area contributed by atoms with E-state index in [0.29, 0.717) is 43.5 Å². The van der Waals surface area contributed by atoms with Crippen LogP contribution in [0.5, 0.6) is 0 Å².